The van der Waals surface area contributed by atoms with Gasteiger partial charge in [-0.05, 0) is 53.9 Å². The molecule has 0 radical (unpaired) electrons. The summed E-state index contributed by atoms with van der Waals surface area (Å²) < 4.78 is 27.3. The lowest BCUT2D eigenvalue weighted by Crippen LogP contribution is -2.23. The first-order valence-electron chi connectivity index (χ1n) is 5.88. The number of rotatable bonds is 6. The molecule has 0 aliphatic rings. The quantitative estimate of drug-likeness (QED) is 0.617. The molecule has 1 aromatic rings. The lowest BCUT2D eigenvalue weighted by Gasteiger charge is -2.09. The van der Waals surface area contributed by atoms with Crippen molar-refractivity contribution in [1.82, 2.24) is 5.32 Å². The van der Waals surface area contributed by atoms with Gasteiger partial charge in [-0.1, -0.05) is 13.8 Å². The van der Waals surface area contributed by atoms with Crippen LogP contribution in [-0.4, -0.2) is 12.6 Å². The summed E-state index contributed by atoms with van der Waals surface area (Å²) in [6.45, 7) is 5.04. The van der Waals surface area contributed by atoms with Gasteiger partial charge in [-0.3, -0.25) is 0 Å². The highest BCUT2D eigenvalue weighted by atomic mass is 79.9. The standard InChI is InChI=1S/C13H18BrF2N/c1-9(2)17-8-4-3-5-10-12(15)7-6-11(14)13(10)16/h6-7,9,17H,3-5,8H2,1-2H3. The lowest BCUT2D eigenvalue weighted by atomic mass is 10.1. The third-order valence-electron chi connectivity index (χ3n) is 2.55. The van der Waals surface area contributed by atoms with E-state index in [1.54, 1.807) is 0 Å². The molecule has 1 nitrogen and oxygen atoms in total. The fourth-order valence-electron chi connectivity index (χ4n) is 1.62. The van der Waals surface area contributed by atoms with Crippen LogP contribution in [0.15, 0.2) is 16.6 Å². The number of halogens is 3. The smallest absolute Gasteiger partial charge is 0.143 e. The van der Waals surface area contributed by atoms with Crippen molar-refractivity contribution in [3.05, 3.63) is 33.8 Å². The minimum absolute atomic E-state index is 0.184. The SMILES string of the molecule is CC(C)NCCCCc1c(F)ccc(Br)c1F. The third kappa shape index (κ3) is 4.72. The summed E-state index contributed by atoms with van der Waals surface area (Å²) in [6, 6.07) is 3.15. The van der Waals surface area contributed by atoms with Crippen LogP contribution in [0.5, 0.6) is 0 Å². The largest absolute Gasteiger partial charge is 0.315 e. The van der Waals surface area contributed by atoms with Crippen molar-refractivity contribution in [2.24, 2.45) is 0 Å². The second-order valence-electron chi connectivity index (χ2n) is 4.39. The Labute approximate surface area is 110 Å². The molecule has 0 heterocycles. The van der Waals surface area contributed by atoms with Crippen molar-refractivity contribution >= 4 is 15.9 Å². The molecule has 1 aromatic carbocycles. The van der Waals surface area contributed by atoms with Crippen molar-refractivity contribution < 1.29 is 8.78 Å². The minimum Gasteiger partial charge on any atom is -0.315 e. The molecule has 1 rings (SSSR count). The first kappa shape index (κ1) is 14.6. The summed E-state index contributed by atoms with van der Waals surface area (Å²) in [7, 11) is 0. The van der Waals surface area contributed by atoms with E-state index in [0.29, 0.717) is 16.9 Å². The molecule has 0 aromatic heterocycles. The fourth-order valence-corrected chi connectivity index (χ4v) is 1.99. The van der Waals surface area contributed by atoms with Crippen LogP contribution in [0.1, 0.15) is 32.3 Å². The molecule has 0 spiro atoms. The van der Waals surface area contributed by atoms with Gasteiger partial charge < -0.3 is 5.32 Å². The Morgan fingerprint density at radius 1 is 1.24 bits per heavy atom. The zero-order valence-electron chi connectivity index (χ0n) is 10.2. The summed E-state index contributed by atoms with van der Waals surface area (Å²) in [6.07, 6.45) is 2.14. The minimum atomic E-state index is -0.471. The predicted octanol–water partition coefficient (Wildman–Crippen LogP) is 4.05. The zero-order chi connectivity index (χ0) is 12.8. The van der Waals surface area contributed by atoms with Gasteiger partial charge in [0, 0.05) is 11.6 Å². The summed E-state index contributed by atoms with van der Waals surface area (Å²) in [5.41, 5.74) is 0.184. The molecule has 17 heavy (non-hydrogen) atoms. The number of unbranched alkanes of at least 4 members (excludes halogenated alkanes) is 1. The fraction of sp³-hybridized carbons (Fsp3) is 0.538. The molecule has 0 unspecified atom stereocenters. The van der Waals surface area contributed by atoms with Crippen LogP contribution in [0.4, 0.5) is 8.78 Å². The van der Waals surface area contributed by atoms with E-state index in [9.17, 15) is 8.78 Å². The van der Waals surface area contributed by atoms with Gasteiger partial charge >= 0.3 is 0 Å². The van der Waals surface area contributed by atoms with Gasteiger partial charge in [-0.2, -0.15) is 0 Å². The first-order chi connectivity index (χ1) is 8.02. The van der Waals surface area contributed by atoms with Crippen LogP contribution >= 0.6 is 15.9 Å². The molecule has 4 heteroatoms. The van der Waals surface area contributed by atoms with Crippen LogP contribution in [0.3, 0.4) is 0 Å². The molecule has 0 amide bonds. The molecule has 0 saturated heterocycles. The van der Waals surface area contributed by atoms with E-state index in [4.69, 9.17) is 0 Å². The summed E-state index contributed by atoms with van der Waals surface area (Å²) in [4.78, 5) is 0. The first-order valence-corrected chi connectivity index (χ1v) is 6.67. The van der Waals surface area contributed by atoms with Gasteiger partial charge in [0.15, 0.2) is 0 Å². The van der Waals surface area contributed by atoms with Crippen molar-refractivity contribution in [1.29, 1.82) is 0 Å². The van der Waals surface area contributed by atoms with Crippen molar-refractivity contribution in [3.8, 4) is 0 Å². The summed E-state index contributed by atoms with van der Waals surface area (Å²) >= 11 is 3.07. The van der Waals surface area contributed by atoms with Crippen LogP contribution in [0.25, 0.3) is 0 Å². The number of benzene rings is 1. The van der Waals surface area contributed by atoms with Crippen LogP contribution in [0.2, 0.25) is 0 Å². The molecule has 0 saturated carbocycles. The topological polar surface area (TPSA) is 12.0 Å². The van der Waals surface area contributed by atoms with E-state index >= 15 is 0 Å². The Bertz CT molecular complexity index is 367. The highest BCUT2D eigenvalue weighted by molar-refractivity contribution is 9.10. The number of hydrogen-bond donors (Lipinski definition) is 1. The maximum atomic E-state index is 13.6. The second kappa shape index (κ2) is 7.07. The van der Waals surface area contributed by atoms with E-state index in [2.05, 4.69) is 35.1 Å². The number of nitrogens with one attached hydrogen (secondary N) is 1. The Kier molecular flexibility index (Phi) is 6.06. The van der Waals surface area contributed by atoms with Crippen molar-refractivity contribution in [2.45, 2.75) is 39.2 Å². The van der Waals surface area contributed by atoms with Crippen molar-refractivity contribution in [3.63, 3.8) is 0 Å². The van der Waals surface area contributed by atoms with Gasteiger partial charge in [0.2, 0.25) is 0 Å². The highest BCUT2D eigenvalue weighted by Crippen LogP contribution is 2.22. The summed E-state index contributed by atoms with van der Waals surface area (Å²) in [5, 5.41) is 3.28. The third-order valence-corrected chi connectivity index (χ3v) is 3.16. The van der Waals surface area contributed by atoms with E-state index in [-0.39, 0.29) is 5.56 Å². The Morgan fingerprint density at radius 3 is 2.59 bits per heavy atom. The van der Waals surface area contributed by atoms with Crippen LogP contribution in [0, 0.1) is 11.6 Å². The Hall–Kier alpha value is -0.480. The maximum absolute atomic E-state index is 13.6. The molecule has 0 atom stereocenters. The Balaban J connectivity index is 2.44. The molecule has 0 aliphatic carbocycles. The highest BCUT2D eigenvalue weighted by Gasteiger charge is 2.11. The monoisotopic (exact) mass is 305 g/mol. The molecule has 0 aliphatic heterocycles. The van der Waals surface area contributed by atoms with Crippen LogP contribution < -0.4 is 5.32 Å². The van der Waals surface area contributed by atoms with Crippen molar-refractivity contribution in [2.75, 3.05) is 6.54 Å². The molecular formula is C13H18BrF2N. The normalized spacial score (nSPS) is 11.2. The predicted molar refractivity (Wildman–Crippen MR) is 70.1 cm³/mol. The van der Waals surface area contributed by atoms with Gasteiger partial charge in [0.05, 0.1) is 4.47 Å². The molecule has 1 N–H and O–H groups in total. The van der Waals surface area contributed by atoms with E-state index in [1.165, 1.54) is 12.1 Å². The van der Waals surface area contributed by atoms with Crippen LogP contribution in [-0.2, 0) is 6.42 Å². The lowest BCUT2D eigenvalue weighted by molar-refractivity contribution is 0.527. The second-order valence-corrected chi connectivity index (χ2v) is 5.24. The molecule has 96 valence electrons. The van der Waals surface area contributed by atoms with E-state index in [1.807, 2.05) is 0 Å². The van der Waals surface area contributed by atoms with E-state index in [0.717, 1.165) is 19.4 Å². The average molecular weight is 306 g/mol. The Morgan fingerprint density at radius 2 is 1.94 bits per heavy atom. The van der Waals surface area contributed by atoms with E-state index < -0.39 is 11.6 Å². The maximum Gasteiger partial charge on any atom is 0.143 e. The van der Waals surface area contributed by atoms with Gasteiger partial charge in [0.25, 0.3) is 0 Å². The van der Waals surface area contributed by atoms with Gasteiger partial charge in [-0.25, -0.2) is 8.78 Å². The zero-order valence-corrected chi connectivity index (χ0v) is 11.8. The molecule has 0 fully saturated rings. The number of hydrogen-bond acceptors (Lipinski definition) is 1. The van der Waals surface area contributed by atoms with Gasteiger partial charge in [0.1, 0.15) is 11.6 Å². The summed E-state index contributed by atoms with van der Waals surface area (Å²) in [5.74, 6) is -0.927. The average Bonchev–Trinajstić information content (AvgIpc) is 2.27. The van der Waals surface area contributed by atoms with Gasteiger partial charge in [-0.15, -0.1) is 0 Å². The molecule has 0 bridgehead atoms. The molecular weight excluding hydrogens is 288 g/mol.